The zero-order chi connectivity index (χ0) is 14.6. The summed E-state index contributed by atoms with van der Waals surface area (Å²) in [5, 5.41) is 8.74. The number of rotatable bonds is 3. The SMILES string of the molecule is CCOC(=O)Cc1cc(C#N)cc(C(F)(F)F)c1I. The first-order chi connectivity index (χ1) is 8.79. The first-order valence-corrected chi connectivity index (χ1v) is 6.32. The normalized spacial score (nSPS) is 10.9. The second kappa shape index (κ2) is 6.23. The Hall–Kier alpha value is -1.30. The minimum atomic E-state index is -4.56. The largest absolute Gasteiger partial charge is 0.466 e. The molecule has 1 rings (SSSR count). The number of hydrogen-bond acceptors (Lipinski definition) is 3. The van der Waals surface area contributed by atoms with E-state index in [2.05, 4.69) is 0 Å². The number of esters is 1. The summed E-state index contributed by atoms with van der Waals surface area (Å²) in [6.07, 6.45) is -4.85. The van der Waals surface area contributed by atoms with Gasteiger partial charge in [-0.2, -0.15) is 18.4 Å². The summed E-state index contributed by atoms with van der Waals surface area (Å²) >= 11 is 1.52. The van der Waals surface area contributed by atoms with Crippen LogP contribution in [0.1, 0.15) is 23.6 Å². The third kappa shape index (κ3) is 4.09. The minimum Gasteiger partial charge on any atom is -0.466 e. The Kier molecular flexibility index (Phi) is 5.17. The highest BCUT2D eigenvalue weighted by molar-refractivity contribution is 14.1. The van der Waals surface area contributed by atoms with Crippen molar-refractivity contribution in [2.24, 2.45) is 0 Å². The lowest BCUT2D eigenvalue weighted by Crippen LogP contribution is -2.13. The topological polar surface area (TPSA) is 50.1 Å². The highest BCUT2D eigenvalue weighted by Gasteiger charge is 2.34. The second-order valence-corrected chi connectivity index (χ2v) is 4.67. The second-order valence-electron chi connectivity index (χ2n) is 3.59. The van der Waals surface area contributed by atoms with Gasteiger partial charge in [-0.1, -0.05) is 0 Å². The summed E-state index contributed by atoms with van der Waals surface area (Å²) in [4.78, 5) is 11.3. The Morgan fingerprint density at radius 1 is 1.47 bits per heavy atom. The molecule has 102 valence electrons. The van der Waals surface area contributed by atoms with Crippen LogP contribution in [0.15, 0.2) is 12.1 Å². The zero-order valence-corrected chi connectivity index (χ0v) is 12.0. The molecule has 0 amide bonds. The third-order valence-electron chi connectivity index (χ3n) is 2.22. The maximum Gasteiger partial charge on any atom is 0.417 e. The summed E-state index contributed by atoms with van der Waals surface area (Å²) in [5.41, 5.74) is -0.899. The van der Waals surface area contributed by atoms with E-state index in [0.717, 1.165) is 6.07 Å². The van der Waals surface area contributed by atoms with Crippen molar-refractivity contribution in [3.63, 3.8) is 0 Å². The molecule has 0 bridgehead atoms. The van der Waals surface area contributed by atoms with Crippen LogP contribution in [0.2, 0.25) is 0 Å². The molecular weight excluding hydrogens is 374 g/mol. The molecule has 0 atom stereocenters. The summed E-state index contributed by atoms with van der Waals surface area (Å²) in [5.74, 6) is -0.622. The Bertz CT molecular complexity index is 535. The van der Waals surface area contributed by atoms with Gasteiger partial charge in [-0.15, -0.1) is 0 Å². The first-order valence-electron chi connectivity index (χ1n) is 5.25. The molecule has 1 aromatic rings. The van der Waals surface area contributed by atoms with Crippen LogP contribution in [0.4, 0.5) is 13.2 Å². The van der Waals surface area contributed by atoms with E-state index in [1.807, 2.05) is 0 Å². The van der Waals surface area contributed by atoms with Gasteiger partial charge in [0.25, 0.3) is 0 Å². The van der Waals surface area contributed by atoms with Gasteiger partial charge < -0.3 is 4.74 Å². The summed E-state index contributed by atoms with van der Waals surface area (Å²) in [6.45, 7) is 1.76. The average Bonchev–Trinajstić information content (AvgIpc) is 2.30. The zero-order valence-electron chi connectivity index (χ0n) is 9.84. The van der Waals surface area contributed by atoms with Crippen LogP contribution in [0.25, 0.3) is 0 Å². The molecule has 0 heterocycles. The lowest BCUT2D eigenvalue weighted by atomic mass is 10.0. The molecule has 0 aliphatic rings. The lowest BCUT2D eigenvalue weighted by molar-refractivity contribution is -0.143. The number of nitrogens with zero attached hydrogens (tertiary/aromatic N) is 1. The van der Waals surface area contributed by atoms with Crippen molar-refractivity contribution in [3.05, 3.63) is 32.4 Å². The molecule has 0 fully saturated rings. The summed E-state index contributed by atoms with van der Waals surface area (Å²) < 4.78 is 43.0. The molecule has 0 radical (unpaired) electrons. The first kappa shape index (κ1) is 15.8. The number of carbonyl (C=O) groups excluding carboxylic acids is 1. The standard InChI is InChI=1S/C12H9F3INO2/c1-2-19-10(18)5-8-3-7(6-17)4-9(11(8)16)12(13,14)15/h3-4H,2,5H2,1H3. The van der Waals surface area contributed by atoms with Crippen molar-refractivity contribution in [2.45, 2.75) is 19.5 Å². The monoisotopic (exact) mass is 383 g/mol. The fourth-order valence-electron chi connectivity index (χ4n) is 1.45. The van der Waals surface area contributed by atoms with Gasteiger partial charge >= 0.3 is 12.1 Å². The van der Waals surface area contributed by atoms with Gasteiger partial charge in [0.15, 0.2) is 0 Å². The Morgan fingerprint density at radius 3 is 2.58 bits per heavy atom. The van der Waals surface area contributed by atoms with Gasteiger partial charge in [-0.3, -0.25) is 4.79 Å². The smallest absolute Gasteiger partial charge is 0.417 e. The molecule has 0 N–H and O–H groups in total. The van der Waals surface area contributed by atoms with Gasteiger partial charge in [-0.25, -0.2) is 0 Å². The van der Waals surface area contributed by atoms with Crippen LogP contribution >= 0.6 is 22.6 Å². The fourth-order valence-corrected chi connectivity index (χ4v) is 2.26. The molecule has 0 saturated heterocycles. The van der Waals surface area contributed by atoms with Crippen molar-refractivity contribution in [1.82, 2.24) is 0 Å². The predicted molar refractivity (Wildman–Crippen MR) is 69.2 cm³/mol. The number of ether oxygens (including phenoxy) is 1. The van der Waals surface area contributed by atoms with Crippen molar-refractivity contribution in [2.75, 3.05) is 6.61 Å². The maximum absolute atomic E-state index is 12.8. The van der Waals surface area contributed by atoms with Gasteiger partial charge in [0, 0.05) is 3.57 Å². The quantitative estimate of drug-likeness (QED) is 0.595. The van der Waals surface area contributed by atoms with E-state index in [4.69, 9.17) is 10.00 Å². The molecule has 1 aromatic carbocycles. The van der Waals surface area contributed by atoms with Crippen LogP contribution in [-0.2, 0) is 22.1 Å². The third-order valence-corrected chi connectivity index (χ3v) is 3.50. The maximum atomic E-state index is 12.8. The molecule has 0 unspecified atom stereocenters. The predicted octanol–water partition coefficient (Wildman–Crippen LogP) is 3.29. The number of carbonyl (C=O) groups is 1. The molecular formula is C12H9F3INO2. The number of hydrogen-bond donors (Lipinski definition) is 0. The number of nitriles is 1. The van der Waals surface area contributed by atoms with Gasteiger partial charge in [-0.05, 0) is 47.2 Å². The average molecular weight is 383 g/mol. The Morgan fingerprint density at radius 2 is 2.11 bits per heavy atom. The molecule has 3 nitrogen and oxygen atoms in total. The summed E-state index contributed by atoms with van der Waals surface area (Å²) in [6, 6.07) is 3.70. The Labute approximate surface area is 121 Å². The molecule has 0 spiro atoms. The van der Waals surface area contributed by atoms with Crippen molar-refractivity contribution in [1.29, 1.82) is 5.26 Å². The van der Waals surface area contributed by atoms with E-state index in [0.29, 0.717) is 0 Å². The highest BCUT2D eigenvalue weighted by Crippen LogP contribution is 2.35. The van der Waals surface area contributed by atoms with Crippen LogP contribution in [0.3, 0.4) is 0 Å². The van der Waals surface area contributed by atoms with E-state index in [1.165, 1.54) is 28.7 Å². The van der Waals surface area contributed by atoms with Crippen molar-refractivity contribution < 1.29 is 22.7 Å². The Balaban J connectivity index is 3.25. The van der Waals surface area contributed by atoms with E-state index in [-0.39, 0.29) is 27.7 Å². The molecule has 0 aromatic heterocycles. The molecule has 0 aliphatic heterocycles. The minimum absolute atomic E-state index is 0.0860. The van der Waals surface area contributed by atoms with E-state index in [1.54, 1.807) is 13.0 Å². The number of halogens is 4. The van der Waals surface area contributed by atoms with Crippen LogP contribution in [0.5, 0.6) is 0 Å². The molecule has 7 heteroatoms. The van der Waals surface area contributed by atoms with Crippen LogP contribution in [0, 0.1) is 14.9 Å². The van der Waals surface area contributed by atoms with Crippen LogP contribution in [-0.4, -0.2) is 12.6 Å². The van der Waals surface area contributed by atoms with Gasteiger partial charge in [0.2, 0.25) is 0 Å². The van der Waals surface area contributed by atoms with E-state index >= 15 is 0 Å². The lowest BCUT2D eigenvalue weighted by Gasteiger charge is -2.13. The summed E-state index contributed by atoms with van der Waals surface area (Å²) in [7, 11) is 0. The molecule has 0 saturated carbocycles. The van der Waals surface area contributed by atoms with E-state index in [9.17, 15) is 18.0 Å². The van der Waals surface area contributed by atoms with Gasteiger partial charge in [0.1, 0.15) is 0 Å². The van der Waals surface area contributed by atoms with Gasteiger partial charge in [0.05, 0.1) is 30.2 Å². The van der Waals surface area contributed by atoms with Crippen LogP contribution < -0.4 is 0 Å². The number of alkyl halides is 3. The van der Waals surface area contributed by atoms with Crippen molar-refractivity contribution in [3.8, 4) is 6.07 Å². The number of benzene rings is 1. The molecule has 0 aliphatic carbocycles. The van der Waals surface area contributed by atoms with Crippen molar-refractivity contribution >= 4 is 28.6 Å². The fraction of sp³-hybridized carbons (Fsp3) is 0.333. The molecule has 19 heavy (non-hydrogen) atoms. The highest BCUT2D eigenvalue weighted by atomic mass is 127. The van der Waals surface area contributed by atoms with E-state index < -0.39 is 17.7 Å².